The van der Waals surface area contributed by atoms with Crippen molar-refractivity contribution in [3.63, 3.8) is 0 Å². The zero-order valence-electron chi connectivity index (χ0n) is 9.77. The third-order valence-electron chi connectivity index (χ3n) is 2.29. The molecule has 2 atom stereocenters. The first-order valence-corrected chi connectivity index (χ1v) is 7.02. The number of hydrogen-bond acceptors (Lipinski definition) is 3. The van der Waals surface area contributed by atoms with Gasteiger partial charge in [0.05, 0.1) is 6.10 Å². The van der Waals surface area contributed by atoms with Crippen molar-refractivity contribution in [2.45, 2.75) is 52.6 Å². The molecule has 0 aliphatic heterocycles. The van der Waals surface area contributed by atoms with E-state index in [0.717, 1.165) is 12.8 Å². The Labute approximate surface area is 92.8 Å². The molecule has 0 heterocycles. The molecule has 0 rings (SSSR count). The summed E-state index contributed by atoms with van der Waals surface area (Å²) in [7, 11) is -3.99. The highest BCUT2D eigenvalue weighted by molar-refractivity contribution is 7.85. The predicted octanol–water partition coefficient (Wildman–Crippen LogP) is 2.45. The summed E-state index contributed by atoms with van der Waals surface area (Å²) in [5.41, 5.74) is 0. The smallest absolute Gasteiger partial charge is 0.289 e. The van der Waals surface area contributed by atoms with Gasteiger partial charge in [-0.15, -0.1) is 0 Å². The van der Waals surface area contributed by atoms with Gasteiger partial charge in [-0.25, -0.2) is 0 Å². The highest BCUT2D eigenvalue weighted by Gasteiger charge is 2.12. The van der Waals surface area contributed by atoms with Crippen LogP contribution in [0.25, 0.3) is 0 Å². The van der Waals surface area contributed by atoms with Crippen LogP contribution >= 0.6 is 0 Å². The standard InChI is InChI=1S/C10H22O4S/c1-4-5-6-9(2)7-10(3)14-8-15(11,12)13/h9-10H,4-8H2,1-3H3,(H,11,12,13). The van der Waals surface area contributed by atoms with Crippen LogP contribution in [0.5, 0.6) is 0 Å². The third-order valence-corrected chi connectivity index (χ3v) is 2.72. The van der Waals surface area contributed by atoms with Crippen LogP contribution in [0.4, 0.5) is 0 Å². The molecular formula is C10H22O4S. The first kappa shape index (κ1) is 14.9. The van der Waals surface area contributed by atoms with E-state index < -0.39 is 16.1 Å². The van der Waals surface area contributed by atoms with Gasteiger partial charge in [0.2, 0.25) is 0 Å². The Morgan fingerprint density at radius 2 is 1.93 bits per heavy atom. The molecule has 2 unspecified atom stereocenters. The van der Waals surface area contributed by atoms with E-state index in [-0.39, 0.29) is 6.10 Å². The largest absolute Gasteiger partial charge is 0.360 e. The maximum absolute atomic E-state index is 10.4. The van der Waals surface area contributed by atoms with Gasteiger partial charge in [-0.3, -0.25) is 4.55 Å². The second-order valence-corrected chi connectivity index (χ2v) is 5.56. The Kier molecular flexibility index (Phi) is 7.13. The van der Waals surface area contributed by atoms with Gasteiger partial charge < -0.3 is 4.74 Å². The first-order valence-electron chi connectivity index (χ1n) is 5.42. The molecule has 0 aromatic carbocycles. The summed E-state index contributed by atoms with van der Waals surface area (Å²) >= 11 is 0. The zero-order valence-corrected chi connectivity index (χ0v) is 10.6. The van der Waals surface area contributed by atoms with E-state index in [1.165, 1.54) is 12.8 Å². The van der Waals surface area contributed by atoms with Gasteiger partial charge in [0.15, 0.2) is 5.94 Å². The maximum atomic E-state index is 10.4. The fourth-order valence-corrected chi connectivity index (χ4v) is 1.91. The van der Waals surface area contributed by atoms with Gasteiger partial charge in [-0.2, -0.15) is 8.42 Å². The zero-order chi connectivity index (χ0) is 11.9. The van der Waals surface area contributed by atoms with Crippen LogP contribution in [0.1, 0.15) is 46.5 Å². The lowest BCUT2D eigenvalue weighted by molar-refractivity contribution is 0.0770. The van der Waals surface area contributed by atoms with Gasteiger partial charge in [0.1, 0.15) is 0 Å². The van der Waals surface area contributed by atoms with Crippen molar-refractivity contribution in [3.8, 4) is 0 Å². The number of hydrogen-bond donors (Lipinski definition) is 1. The Morgan fingerprint density at radius 3 is 2.40 bits per heavy atom. The topological polar surface area (TPSA) is 63.6 Å². The molecule has 0 saturated carbocycles. The minimum Gasteiger partial charge on any atom is -0.360 e. The lowest BCUT2D eigenvalue weighted by Gasteiger charge is -2.16. The van der Waals surface area contributed by atoms with E-state index >= 15 is 0 Å². The summed E-state index contributed by atoms with van der Waals surface area (Å²) in [5.74, 6) is -0.0735. The predicted molar refractivity (Wildman–Crippen MR) is 60.3 cm³/mol. The minimum absolute atomic E-state index is 0.126. The summed E-state index contributed by atoms with van der Waals surface area (Å²) in [5, 5.41) is 0. The number of ether oxygens (including phenoxy) is 1. The van der Waals surface area contributed by atoms with E-state index in [1.54, 1.807) is 0 Å². The normalized spacial score (nSPS) is 16.3. The summed E-state index contributed by atoms with van der Waals surface area (Å²) in [6, 6.07) is 0. The highest BCUT2D eigenvalue weighted by atomic mass is 32.2. The van der Waals surface area contributed by atoms with Gasteiger partial charge in [0, 0.05) is 0 Å². The molecule has 5 heteroatoms. The van der Waals surface area contributed by atoms with Gasteiger partial charge in [-0.05, 0) is 19.3 Å². The van der Waals surface area contributed by atoms with Gasteiger partial charge in [-0.1, -0.05) is 33.1 Å². The van der Waals surface area contributed by atoms with Crippen LogP contribution in [0.2, 0.25) is 0 Å². The fraction of sp³-hybridized carbons (Fsp3) is 1.00. The number of unbranched alkanes of at least 4 members (excludes halogenated alkanes) is 1. The van der Waals surface area contributed by atoms with Gasteiger partial charge in [0.25, 0.3) is 10.1 Å². The molecule has 15 heavy (non-hydrogen) atoms. The van der Waals surface area contributed by atoms with Crippen LogP contribution in [0, 0.1) is 5.92 Å². The summed E-state index contributed by atoms with van der Waals surface area (Å²) in [4.78, 5) is 0. The molecule has 0 aromatic heterocycles. The van der Waals surface area contributed by atoms with Crippen molar-refractivity contribution in [1.29, 1.82) is 0 Å². The van der Waals surface area contributed by atoms with E-state index in [1.807, 2.05) is 6.92 Å². The van der Waals surface area contributed by atoms with Crippen LogP contribution in [-0.2, 0) is 14.9 Å². The molecule has 0 fully saturated rings. The maximum Gasteiger partial charge on any atom is 0.289 e. The lowest BCUT2D eigenvalue weighted by Crippen LogP contribution is -2.17. The Bertz CT molecular complexity index is 248. The van der Waals surface area contributed by atoms with Crippen molar-refractivity contribution in [2.24, 2.45) is 5.92 Å². The molecule has 0 saturated heterocycles. The third kappa shape index (κ3) is 10.2. The average molecular weight is 238 g/mol. The molecule has 0 amide bonds. The molecule has 92 valence electrons. The quantitative estimate of drug-likeness (QED) is 0.660. The van der Waals surface area contributed by atoms with Crippen LogP contribution in [0.15, 0.2) is 0 Å². The lowest BCUT2D eigenvalue weighted by atomic mass is 9.98. The SMILES string of the molecule is CCCCC(C)CC(C)OCS(=O)(=O)O. The molecule has 0 radical (unpaired) electrons. The Balaban J connectivity index is 3.68. The fourth-order valence-electron chi connectivity index (χ4n) is 1.51. The second-order valence-electron chi connectivity index (χ2n) is 4.16. The molecule has 0 bridgehead atoms. The molecule has 0 aliphatic carbocycles. The molecule has 0 aromatic rings. The van der Waals surface area contributed by atoms with E-state index in [4.69, 9.17) is 9.29 Å². The van der Waals surface area contributed by atoms with Crippen LogP contribution < -0.4 is 0 Å². The summed E-state index contributed by atoms with van der Waals surface area (Å²) in [6.45, 7) is 6.10. The highest BCUT2D eigenvalue weighted by Crippen LogP contribution is 2.15. The molecule has 0 spiro atoms. The van der Waals surface area contributed by atoms with E-state index in [0.29, 0.717) is 5.92 Å². The van der Waals surface area contributed by atoms with Crippen LogP contribution in [-0.4, -0.2) is 25.0 Å². The van der Waals surface area contributed by atoms with Gasteiger partial charge >= 0.3 is 0 Å². The minimum atomic E-state index is -3.99. The van der Waals surface area contributed by atoms with Crippen molar-refractivity contribution in [1.82, 2.24) is 0 Å². The van der Waals surface area contributed by atoms with Crippen molar-refractivity contribution in [2.75, 3.05) is 5.94 Å². The molecular weight excluding hydrogens is 216 g/mol. The first-order chi connectivity index (χ1) is 6.85. The Hall–Kier alpha value is -0.130. The Morgan fingerprint density at radius 1 is 1.33 bits per heavy atom. The summed E-state index contributed by atoms with van der Waals surface area (Å²) in [6.07, 6.45) is 4.20. The van der Waals surface area contributed by atoms with E-state index in [2.05, 4.69) is 13.8 Å². The van der Waals surface area contributed by atoms with Crippen molar-refractivity contribution in [3.05, 3.63) is 0 Å². The molecule has 0 aliphatic rings. The molecule has 4 nitrogen and oxygen atoms in total. The summed E-state index contributed by atoms with van der Waals surface area (Å²) < 4.78 is 34.4. The van der Waals surface area contributed by atoms with Crippen molar-refractivity contribution >= 4 is 10.1 Å². The van der Waals surface area contributed by atoms with Crippen LogP contribution in [0.3, 0.4) is 0 Å². The number of rotatable bonds is 8. The second kappa shape index (κ2) is 7.19. The van der Waals surface area contributed by atoms with E-state index in [9.17, 15) is 8.42 Å². The monoisotopic (exact) mass is 238 g/mol. The van der Waals surface area contributed by atoms with Crippen molar-refractivity contribution < 1.29 is 17.7 Å². The molecule has 1 N–H and O–H groups in total. The average Bonchev–Trinajstić information content (AvgIpc) is 2.10.